The zero-order valence-corrected chi connectivity index (χ0v) is 9.34. The second-order valence-electron chi connectivity index (χ2n) is 3.67. The molecule has 0 N–H and O–H groups in total. The number of para-hydroxylation sites is 1. The normalized spacial score (nSPS) is 10.4. The van der Waals surface area contributed by atoms with Crippen LogP contribution in [-0.2, 0) is 0 Å². The van der Waals surface area contributed by atoms with E-state index in [4.69, 9.17) is 0 Å². The molecule has 0 aliphatic heterocycles. The summed E-state index contributed by atoms with van der Waals surface area (Å²) in [4.78, 5) is 11.1. The first-order valence-electron chi connectivity index (χ1n) is 5.37. The third-order valence-corrected chi connectivity index (χ3v) is 2.48. The number of aromatic nitrogens is 5. The second kappa shape index (κ2) is 4.25. The summed E-state index contributed by atoms with van der Waals surface area (Å²) in [5.41, 5.74) is 0.807. The molecule has 6 heteroatoms. The molecular formula is C12H9N5O. The maximum atomic E-state index is 11.1. The van der Waals surface area contributed by atoms with Gasteiger partial charge in [0.15, 0.2) is 5.43 Å². The van der Waals surface area contributed by atoms with E-state index in [1.807, 2.05) is 30.3 Å². The number of tetrazole rings is 1. The van der Waals surface area contributed by atoms with E-state index in [-0.39, 0.29) is 5.43 Å². The van der Waals surface area contributed by atoms with Gasteiger partial charge in [-0.05, 0) is 22.6 Å². The van der Waals surface area contributed by atoms with Gasteiger partial charge in [0, 0.05) is 24.5 Å². The van der Waals surface area contributed by atoms with Crippen LogP contribution in [0.4, 0.5) is 0 Å². The predicted molar refractivity (Wildman–Crippen MR) is 64.8 cm³/mol. The molecule has 0 aliphatic rings. The lowest BCUT2D eigenvalue weighted by atomic mass is 10.3. The minimum Gasteiger partial charge on any atom is -0.291 e. The molecule has 0 spiro atoms. The van der Waals surface area contributed by atoms with Gasteiger partial charge < -0.3 is 0 Å². The van der Waals surface area contributed by atoms with Crippen molar-refractivity contribution in [2.24, 2.45) is 0 Å². The van der Waals surface area contributed by atoms with Gasteiger partial charge in [-0.2, -0.15) is 4.68 Å². The molecule has 0 saturated heterocycles. The molecule has 2 aromatic heterocycles. The number of benzene rings is 1. The zero-order chi connectivity index (χ0) is 12.4. The summed E-state index contributed by atoms with van der Waals surface area (Å²) in [6.07, 6.45) is 3.26. The molecule has 3 rings (SSSR count). The highest BCUT2D eigenvalue weighted by molar-refractivity contribution is 5.33. The Morgan fingerprint density at radius 3 is 2.39 bits per heavy atom. The number of rotatable bonds is 2. The van der Waals surface area contributed by atoms with Crippen molar-refractivity contribution >= 4 is 0 Å². The second-order valence-corrected chi connectivity index (χ2v) is 3.67. The van der Waals surface area contributed by atoms with E-state index in [0.29, 0.717) is 5.95 Å². The lowest BCUT2D eigenvalue weighted by molar-refractivity contribution is 0.771. The molecule has 0 aliphatic carbocycles. The van der Waals surface area contributed by atoms with Crippen molar-refractivity contribution in [3.05, 3.63) is 65.1 Å². The van der Waals surface area contributed by atoms with Crippen LogP contribution in [0, 0.1) is 0 Å². The Morgan fingerprint density at radius 2 is 1.67 bits per heavy atom. The molecule has 2 heterocycles. The maximum absolute atomic E-state index is 11.1. The van der Waals surface area contributed by atoms with E-state index in [9.17, 15) is 4.79 Å². The Kier molecular flexibility index (Phi) is 2.45. The Labute approximate surface area is 102 Å². The van der Waals surface area contributed by atoms with Gasteiger partial charge in [-0.3, -0.25) is 9.36 Å². The minimum absolute atomic E-state index is 0.0509. The van der Waals surface area contributed by atoms with Gasteiger partial charge in [0.1, 0.15) is 0 Å². The van der Waals surface area contributed by atoms with Crippen LogP contribution < -0.4 is 5.43 Å². The van der Waals surface area contributed by atoms with Gasteiger partial charge in [0.2, 0.25) is 0 Å². The molecule has 0 fully saturated rings. The third-order valence-electron chi connectivity index (χ3n) is 2.48. The van der Waals surface area contributed by atoms with E-state index in [1.54, 1.807) is 21.6 Å². The van der Waals surface area contributed by atoms with Crippen LogP contribution in [-0.4, -0.2) is 24.8 Å². The van der Waals surface area contributed by atoms with Crippen LogP contribution in [0.15, 0.2) is 59.7 Å². The first-order valence-corrected chi connectivity index (χ1v) is 5.37. The molecule has 0 atom stereocenters. The average molecular weight is 239 g/mol. The standard InChI is InChI=1S/C12H9N5O/c18-11-6-8-16(9-7-11)12-13-14-15-17(12)10-4-2-1-3-5-10/h1-9H. The predicted octanol–water partition coefficient (Wildman–Crippen LogP) is 0.813. The fraction of sp³-hybridized carbons (Fsp3) is 0. The van der Waals surface area contributed by atoms with Crippen LogP contribution in [0.1, 0.15) is 0 Å². The van der Waals surface area contributed by atoms with Crippen molar-refractivity contribution in [3.63, 3.8) is 0 Å². The summed E-state index contributed by atoms with van der Waals surface area (Å²) in [6, 6.07) is 12.5. The van der Waals surface area contributed by atoms with Gasteiger partial charge in [0.25, 0.3) is 5.95 Å². The van der Waals surface area contributed by atoms with Crippen molar-refractivity contribution in [2.75, 3.05) is 0 Å². The molecule has 0 radical (unpaired) electrons. The zero-order valence-electron chi connectivity index (χ0n) is 9.34. The molecular weight excluding hydrogens is 230 g/mol. The Bertz CT molecular complexity index is 696. The Balaban J connectivity index is 2.12. The van der Waals surface area contributed by atoms with Crippen LogP contribution >= 0.6 is 0 Å². The molecule has 6 nitrogen and oxygen atoms in total. The highest BCUT2D eigenvalue weighted by Gasteiger charge is 2.08. The van der Waals surface area contributed by atoms with Crippen molar-refractivity contribution in [3.8, 4) is 11.6 Å². The third kappa shape index (κ3) is 1.80. The first-order chi connectivity index (χ1) is 8.84. The summed E-state index contributed by atoms with van der Waals surface area (Å²) in [5, 5.41) is 11.6. The highest BCUT2D eigenvalue weighted by Crippen LogP contribution is 2.09. The summed E-state index contributed by atoms with van der Waals surface area (Å²) in [5.74, 6) is 0.529. The van der Waals surface area contributed by atoms with Crippen molar-refractivity contribution in [1.82, 2.24) is 24.8 Å². The van der Waals surface area contributed by atoms with E-state index >= 15 is 0 Å². The fourth-order valence-corrected chi connectivity index (χ4v) is 1.63. The van der Waals surface area contributed by atoms with Crippen molar-refractivity contribution in [1.29, 1.82) is 0 Å². The van der Waals surface area contributed by atoms with E-state index in [1.165, 1.54) is 12.1 Å². The molecule has 0 bridgehead atoms. The topological polar surface area (TPSA) is 65.6 Å². The number of nitrogens with zero attached hydrogens (tertiary/aromatic N) is 5. The van der Waals surface area contributed by atoms with Gasteiger partial charge >= 0.3 is 0 Å². The SMILES string of the molecule is O=c1ccn(-c2nnnn2-c2ccccc2)cc1. The van der Waals surface area contributed by atoms with Crippen molar-refractivity contribution < 1.29 is 0 Å². The summed E-state index contributed by atoms with van der Waals surface area (Å²) in [6.45, 7) is 0. The van der Waals surface area contributed by atoms with Gasteiger partial charge in [-0.15, -0.1) is 0 Å². The van der Waals surface area contributed by atoms with Crippen molar-refractivity contribution in [2.45, 2.75) is 0 Å². The smallest absolute Gasteiger partial charge is 0.258 e. The molecule has 0 amide bonds. The Hall–Kier alpha value is -2.76. The molecule has 18 heavy (non-hydrogen) atoms. The molecule has 0 unspecified atom stereocenters. The highest BCUT2D eigenvalue weighted by atomic mass is 16.1. The quantitative estimate of drug-likeness (QED) is 0.664. The van der Waals surface area contributed by atoms with Crippen LogP contribution in [0.2, 0.25) is 0 Å². The van der Waals surface area contributed by atoms with Crippen LogP contribution in [0.3, 0.4) is 0 Å². The minimum atomic E-state index is -0.0509. The Morgan fingerprint density at radius 1 is 0.944 bits per heavy atom. The average Bonchev–Trinajstić information content (AvgIpc) is 2.90. The van der Waals surface area contributed by atoms with E-state index in [0.717, 1.165) is 5.69 Å². The molecule has 88 valence electrons. The number of hydrogen-bond donors (Lipinski definition) is 0. The van der Waals surface area contributed by atoms with Gasteiger partial charge in [-0.1, -0.05) is 23.3 Å². The summed E-state index contributed by atoms with van der Waals surface area (Å²) >= 11 is 0. The van der Waals surface area contributed by atoms with Crippen LogP contribution in [0.25, 0.3) is 11.6 Å². The van der Waals surface area contributed by atoms with Gasteiger partial charge in [0.05, 0.1) is 5.69 Å². The summed E-state index contributed by atoms with van der Waals surface area (Å²) < 4.78 is 3.29. The lowest BCUT2D eigenvalue weighted by Crippen LogP contribution is -2.08. The summed E-state index contributed by atoms with van der Waals surface area (Å²) in [7, 11) is 0. The number of hydrogen-bond acceptors (Lipinski definition) is 4. The molecule has 1 aromatic carbocycles. The van der Waals surface area contributed by atoms with E-state index < -0.39 is 0 Å². The number of pyridine rings is 1. The van der Waals surface area contributed by atoms with Gasteiger partial charge in [-0.25, -0.2) is 0 Å². The molecule has 3 aromatic rings. The fourth-order valence-electron chi connectivity index (χ4n) is 1.63. The first kappa shape index (κ1) is 10.4. The van der Waals surface area contributed by atoms with E-state index in [2.05, 4.69) is 15.5 Å². The maximum Gasteiger partial charge on any atom is 0.258 e. The monoisotopic (exact) mass is 239 g/mol. The van der Waals surface area contributed by atoms with Crippen LogP contribution in [0.5, 0.6) is 0 Å². The lowest BCUT2D eigenvalue weighted by Gasteiger charge is -2.05. The largest absolute Gasteiger partial charge is 0.291 e. The molecule has 0 saturated carbocycles.